The molecule has 0 atom stereocenters. The molecular formula is C24H24BrNO6. The van der Waals surface area contributed by atoms with Gasteiger partial charge in [0.25, 0.3) is 0 Å². The van der Waals surface area contributed by atoms with Crippen molar-refractivity contribution < 1.29 is 28.5 Å². The first kappa shape index (κ1) is 25.0. The van der Waals surface area contributed by atoms with Crippen molar-refractivity contribution in [3.8, 4) is 23.3 Å². The molecule has 2 aromatic rings. The lowest BCUT2D eigenvalue weighted by Gasteiger charge is -2.23. The van der Waals surface area contributed by atoms with E-state index in [9.17, 15) is 9.59 Å². The van der Waals surface area contributed by atoms with E-state index in [1.807, 2.05) is 12.1 Å². The Bertz CT molecular complexity index is 1080. The standard InChI is InChI=1S/C24H24BrNO6/c1-24(2,3)18-12-17(25)7-9-19(18)31-14-22(27)32-20-8-6-15(11-21(20)29-4)10-16(13-26)23(28)30-5/h6-12H,14H2,1-5H3/b16-10+. The van der Waals surface area contributed by atoms with E-state index in [-0.39, 0.29) is 29.1 Å². The molecule has 0 saturated carbocycles. The van der Waals surface area contributed by atoms with Crippen molar-refractivity contribution in [1.29, 1.82) is 5.26 Å². The number of carbonyl (C=O) groups excluding carboxylic acids is 2. The maximum absolute atomic E-state index is 12.4. The van der Waals surface area contributed by atoms with Gasteiger partial charge in [0.05, 0.1) is 14.2 Å². The van der Waals surface area contributed by atoms with Crippen LogP contribution in [0.15, 0.2) is 46.4 Å². The molecule has 2 rings (SSSR count). The van der Waals surface area contributed by atoms with Crippen LogP contribution in [0, 0.1) is 11.3 Å². The van der Waals surface area contributed by atoms with Crippen LogP contribution in [-0.4, -0.2) is 32.8 Å². The van der Waals surface area contributed by atoms with Crippen molar-refractivity contribution in [2.75, 3.05) is 20.8 Å². The average Bonchev–Trinajstić information content (AvgIpc) is 2.76. The summed E-state index contributed by atoms with van der Waals surface area (Å²) in [5.74, 6) is -0.324. The number of methoxy groups -OCH3 is 2. The smallest absolute Gasteiger partial charge is 0.349 e. The summed E-state index contributed by atoms with van der Waals surface area (Å²) < 4.78 is 21.9. The molecule has 0 aliphatic heterocycles. The van der Waals surface area contributed by atoms with Crippen LogP contribution in [0.4, 0.5) is 0 Å². The van der Waals surface area contributed by atoms with Gasteiger partial charge >= 0.3 is 11.9 Å². The van der Waals surface area contributed by atoms with Crippen molar-refractivity contribution in [2.45, 2.75) is 26.2 Å². The molecular weight excluding hydrogens is 478 g/mol. The average molecular weight is 502 g/mol. The topological polar surface area (TPSA) is 94.9 Å². The minimum absolute atomic E-state index is 0.170. The fourth-order valence-corrected chi connectivity index (χ4v) is 3.14. The summed E-state index contributed by atoms with van der Waals surface area (Å²) in [6.07, 6.45) is 1.35. The molecule has 0 aliphatic carbocycles. The summed E-state index contributed by atoms with van der Waals surface area (Å²) in [6, 6.07) is 12.0. The highest BCUT2D eigenvalue weighted by Crippen LogP contribution is 2.34. The van der Waals surface area contributed by atoms with E-state index in [4.69, 9.17) is 19.5 Å². The van der Waals surface area contributed by atoms with Gasteiger partial charge in [-0.1, -0.05) is 42.8 Å². The van der Waals surface area contributed by atoms with E-state index >= 15 is 0 Å². The summed E-state index contributed by atoms with van der Waals surface area (Å²) in [6.45, 7) is 5.87. The molecule has 7 nitrogen and oxygen atoms in total. The molecule has 8 heteroatoms. The lowest BCUT2D eigenvalue weighted by atomic mass is 9.86. The zero-order valence-corrected chi connectivity index (χ0v) is 20.1. The normalized spacial score (nSPS) is 11.3. The van der Waals surface area contributed by atoms with Crippen molar-refractivity contribution >= 4 is 33.9 Å². The van der Waals surface area contributed by atoms with E-state index in [1.165, 1.54) is 32.4 Å². The number of esters is 2. The summed E-state index contributed by atoms with van der Waals surface area (Å²) in [5.41, 5.74) is 1.11. The number of nitrogens with zero attached hydrogens (tertiary/aromatic N) is 1. The van der Waals surface area contributed by atoms with Gasteiger partial charge in [-0.25, -0.2) is 9.59 Å². The Morgan fingerprint density at radius 2 is 1.75 bits per heavy atom. The molecule has 0 fully saturated rings. The van der Waals surface area contributed by atoms with E-state index in [0.29, 0.717) is 11.3 Å². The minimum Gasteiger partial charge on any atom is -0.493 e. The van der Waals surface area contributed by atoms with Gasteiger partial charge < -0.3 is 18.9 Å². The van der Waals surface area contributed by atoms with E-state index in [0.717, 1.165) is 10.0 Å². The number of rotatable bonds is 7. The van der Waals surface area contributed by atoms with Crippen LogP contribution < -0.4 is 14.2 Å². The molecule has 0 bridgehead atoms. The second-order valence-corrected chi connectivity index (χ2v) is 8.64. The third-order valence-electron chi connectivity index (χ3n) is 4.34. The molecule has 0 amide bonds. The molecule has 0 aromatic heterocycles. The highest BCUT2D eigenvalue weighted by Gasteiger charge is 2.20. The molecule has 2 aromatic carbocycles. The van der Waals surface area contributed by atoms with Crippen LogP contribution in [0.3, 0.4) is 0 Å². The highest BCUT2D eigenvalue weighted by atomic mass is 79.9. The fraction of sp³-hybridized carbons (Fsp3) is 0.292. The molecule has 0 saturated heterocycles. The first-order valence-electron chi connectivity index (χ1n) is 9.60. The zero-order valence-electron chi connectivity index (χ0n) is 18.5. The van der Waals surface area contributed by atoms with Crippen LogP contribution in [0.25, 0.3) is 6.08 Å². The minimum atomic E-state index is -0.748. The summed E-state index contributed by atoms with van der Waals surface area (Å²) in [5, 5.41) is 9.09. The second kappa shape index (κ2) is 10.8. The van der Waals surface area contributed by atoms with Crippen LogP contribution in [-0.2, 0) is 19.7 Å². The molecule has 0 N–H and O–H groups in total. The fourth-order valence-electron chi connectivity index (χ4n) is 2.77. The summed E-state index contributed by atoms with van der Waals surface area (Å²) >= 11 is 3.46. The Balaban J connectivity index is 2.15. The molecule has 168 valence electrons. The molecule has 32 heavy (non-hydrogen) atoms. The summed E-state index contributed by atoms with van der Waals surface area (Å²) in [7, 11) is 2.61. The number of carbonyl (C=O) groups is 2. The predicted molar refractivity (Wildman–Crippen MR) is 123 cm³/mol. The second-order valence-electron chi connectivity index (χ2n) is 7.72. The maximum atomic E-state index is 12.4. The van der Waals surface area contributed by atoms with Gasteiger partial charge in [-0.3, -0.25) is 0 Å². The van der Waals surface area contributed by atoms with Crippen molar-refractivity contribution in [3.05, 3.63) is 57.6 Å². The van der Waals surface area contributed by atoms with Crippen molar-refractivity contribution in [2.24, 2.45) is 0 Å². The lowest BCUT2D eigenvalue weighted by molar-refractivity contribution is -0.137. The predicted octanol–water partition coefficient (Wildman–Crippen LogP) is 4.82. The number of hydrogen-bond acceptors (Lipinski definition) is 7. The number of halogens is 1. The monoisotopic (exact) mass is 501 g/mol. The van der Waals surface area contributed by atoms with E-state index < -0.39 is 11.9 Å². The van der Waals surface area contributed by atoms with Gasteiger partial charge in [0.1, 0.15) is 17.4 Å². The van der Waals surface area contributed by atoms with Gasteiger partial charge in [0.15, 0.2) is 18.1 Å². The van der Waals surface area contributed by atoms with E-state index in [1.54, 1.807) is 18.2 Å². The van der Waals surface area contributed by atoms with Crippen LogP contribution >= 0.6 is 15.9 Å². The Kier molecular flexibility index (Phi) is 8.44. The SMILES string of the molecule is COC(=O)/C(C#N)=C/c1ccc(OC(=O)COc2ccc(Br)cc2C(C)(C)C)c(OC)c1. The maximum Gasteiger partial charge on any atom is 0.349 e. The van der Waals surface area contributed by atoms with E-state index in [2.05, 4.69) is 41.4 Å². The summed E-state index contributed by atoms with van der Waals surface area (Å²) in [4.78, 5) is 24.0. The Morgan fingerprint density at radius 1 is 1.06 bits per heavy atom. The largest absolute Gasteiger partial charge is 0.493 e. The first-order valence-corrected chi connectivity index (χ1v) is 10.4. The Labute approximate surface area is 195 Å². The number of hydrogen-bond donors (Lipinski definition) is 0. The van der Waals surface area contributed by atoms with Crippen LogP contribution in [0.1, 0.15) is 31.9 Å². The van der Waals surface area contributed by atoms with Gasteiger partial charge in [-0.2, -0.15) is 5.26 Å². The first-order chi connectivity index (χ1) is 15.1. The van der Waals surface area contributed by atoms with Crippen molar-refractivity contribution in [1.82, 2.24) is 0 Å². The molecule has 0 spiro atoms. The van der Waals surface area contributed by atoms with Gasteiger partial charge in [-0.05, 0) is 47.4 Å². The van der Waals surface area contributed by atoms with Crippen LogP contribution in [0.2, 0.25) is 0 Å². The molecule has 0 radical (unpaired) electrons. The third-order valence-corrected chi connectivity index (χ3v) is 4.84. The van der Waals surface area contributed by atoms with Gasteiger partial charge in [-0.15, -0.1) is 0 Å². The van der Waals surface area contributed by atoms with Gasteiger partial charge in [0.2, 0.25) is 0 Å². The zero-order chi connectivity index (χ0) is 23.9. The Morgan fingerprint density at radius 3 is 2.34 bits per heavy atom. The molecule has 0 unspecified atom stereocenters. The number of ether oxygens (including phenoxy) is 4. The van der Waals surface area contributed by atoms with Crippen molar-refractivity contribution in [3.63, 3.8) is 0 Å². The highest BCUT2D eigenvalue weighted by molar-refractivity contribution is 9.10. The molecule has 0 aliphatic rings. The van der Waals surface area contributed by atoms with Gasteiger partial charge in [0, 0.05) is 10.0 Å². The number of benzene rings is 2. The molecule has 0 heterocycles. The lowest BCUT2D eigenvalue weighted by Crippen LogP contribution is -2.20. The number of nitriles is 1. The quantitative estimate of drug-likeness (QED) is 0.232. The third kappa shape index (κ3) is 6.59. The Hall–Kier alpha value is -3.31. The van der Waals surface area contributed by atoms with Crippen LogP contribution in [0.5, 0.6) is 17.2 Å².